The number of rotatable bonds is 4. The van der Waals surface area contributed by atoms with Crippen LogP contribution in [-0.2, 0) is 10.0 Å². The summed E-state index contributed by atoms with van der Waals surface area (Å²) < 4.78 is 28.0. The molecule has 1 saturated heterocycles. The summed E-state index contributed by atoms with van der Waals surface area (Å²) in [5.41, 5.74) is 2.71. The lowest BCUT2D eigenvalue weighted by atomic mass is 9.99. The molecule has 1 atom stereocenters. The van der Waals surface area contributed by atoms with Gasteiger partial charge < -0.3 is 4.90 Å². The fraction of sp³-hybridized carbons (Fsp3) is 0.381. The van der Waals surface area contributed by atoms with Gasteiger partial charge in [-0.3, -0.25) is 9.52 Å². The largest absolute Gasteiger partial charge is 0.338 e. The molecular formula is C21H26N2O3S. The monoisotopic (exact) mass is 386 g/mol. The summed E-state index contributed by atoms with van der Waals surface area (Å²) in [6.45, 7) is 7.38. The maximum absolute atomic E-state index is 12.8. The number of amides is 1. The normalized spacial score (nSPS) is 17.6. The van der Waals surface area contributed by atoms with E-state index in [4.69, 9.17) is 0 Å². The molecule has 1 fully saturated rings. The van der Waals surface area contributed by atoms with Crippen LogP contribution in [0.5, 0.6) is 0 Å². The van der Waals surface area contributed by atoms with E-state index in [1.807, 2.05) is 18.7 Å². The third-order valence-corrected chi connectivity index (χ3v) is 6.39. The molecule has 144 valence electrons. The molecule has 27 heavy (non-hydrogen) atoms. The molecule has 1 heterocycles. The lowest BCUT2D eigenvalue weighted by molar-refractivity contribution is 0.0683. The van der Waals surface area contributed by atoms with Crippen LogP contribution in [0.3, 0.4) is 0 Å². The van der Waals surface area contributed by atoms with Crippen molar-refractivity contribution in [2.75, 3.05) is 17.8 Å². The minimum absolute atomic E-state index is 0.0441. The summed E-state index contributed by atoms with van der Waals surface area (Å²) in [5.74, 6) is 0.449. The van der Waals surface area contributed by atoms with Crippen molar-refractivity contribution in [3.63, 3.8) is 0 Å². The van der Waals surface area contributed by atoms with Crippen LogP contribution in [0.4, 0.5) is 5.69 Å². The van der Waals surface area contributed by atoms with E-state index >= 15 is 0 Å². The zero-order chi connectivity index (χ0) is 19.6. The fourth-order valence-electron chi connectivity index (χ4n) is 3.34. The van der Waals surface area contributed by atoms with Gasteiger partial charge in [-0.15, -0.1) is 0 Å². The maximum Gasteiger partial charge on any atom is 0.261 e. The number of carbonyl (C=O) groups excluding carboxylic acids is 1. The highest BCUT2D eigenvalue weighted by Crippen LogP contribution is 2.24. The Kier molecular flexibility index (Phi) is 5.56. The van der Waals surface area contributed by atoms with Crippen LogP contribution in [0.2, 0.25) is 0 Å². The van der Waals surface area contributed by atoms with E-state index in [0.29, 0.717) is 17.2 Å². The number of hydrogen-bond acceptors (Lipinski definition) is 3. The van der Waals surface area contributed by atoms with Crippen molar-refractivity contribution >= 4 is 21.6 Å². The molecule has 3 rings (SSSR count). The summed E-state index contributed by atoms with van der Waals surface area (Å²) in [6, 6.07) is 11.9. The van der Waals surface area contributed by atoms with E-state index in [9.17, 15) is 13.2 Å². The second-order valence-corrected chi connectivity index (χ2v) is 9.13. The van der Waals surface area contributed by atoms with E-state index < -0.39 is 10.0 Å². The smallest absolute Gasteiger partial charge is 0.261 e. The average molecular weight is 387 g/mol. The second-order valence-electron chi connectivity index (χ2n) is 7.45. The molecule has 0 unspecified atom stereocenters. The maximum atomic E-state index is 12.8. The lowest BCUT2D eigenvalue weighted by Gasteiger charge is -2.31. The van der Waals surface area contributed by atoms with E-state index in [2.05, 4.69) is 11.6 Å². The Labute approximate surface area is 161 Å². The van der Waals surface area contributed by atoms with Gasteiger partial charge in [-0.25, -0.2) is 8.42 Å². The van der Waals surface area contributed by atoms with Crippen LogP contribution >= 0.6 is 0 Å². The summed E-state index contributed by atoms with van der Waals surface area (Å²) >= 11 is 0. The van der Waals surface area contributed by atoms with Gasteiger partial charge in [0.1, 0.15) is 0 Å². The van der Waals surface area contributed by atoms with Crippen molar-refractivity contribution in [3.05, 3.63) is 59.2 Å². The fourth-order valence-corrected chi connectivity index (χ4v) is 4.46. The Morgan fingerprint density at radius 1 is 1.11 bits per heavy atom. The second kappa shape index (κ2) is 7.72. The first-order valence-electron chi connectivity index (χ1n) is 9.26. The van der Waals surface area contributed by atoms with Gasteiger partial charge in [0.05, 0.1) is 10.6 Å². The minimum atomic E-state index is -3.70. The van der Waals surface area contributed by atoms with Crippen LogP contribution < -0.4 is 4.72 Å². The van der Waals surface area contributed by atoms with Gasteiger partial charge in [0.15, 0.2) is 0 Å². The molecule has 6 heteroatoms. The van der Waals surface area contributed by atoms with Crippen molar-refractivity contribution in [1.82, 2.24) is 4.90 Å². The molecule has 1 N–H and O–H groups in total. The average Bonchev–Trinajstić information content (AvgIpc) is 2.63. The van der Waals surface area contributed by atoms with Crippen LogP contribution in [-0.4, -0.2) is 32.3 Å². The third kappa shape index (κ3) is 4.50. The Morgan fingerprint density at radius 3 is 2.48 bits per heavy atom. The van der Waals surface area contributed by atoms with Crippen molar-refractivity contribution < 1.29 is 13.2 Å². The van der Waals surface area contributed by atoms with Gasteiger partial charge in [0.2, 0.25) is 0 Å². The van der Waals surface area contributed by atoms with Gasteiger partial charge in [-0.2, -0.15) is 0 Å². The highest BCUT2D eigenvalue weighted by atomic mass is 32.2. The number of hydrogen-bond donors (Lipinski definition) is 1. The van der Waals surface area contributed by atoms with Gasteiger partial charge in [0, 0.05) is 18.7 Å². The Hall–Kier alpha value is -2.34. The number of anilines is 1. The van der Waals surface area contributed by atoms with Crippen molar-refractivity contribution in [2.24, 2.45) is 5.92 Å². The van der Waals surface area contributed by atoms with Gasteiger partial charge >= 0.3 is 0 Å². The Morgan fingerprint density at radius 2 is 1.81 bits per heavy atom. The Balaban J connectivity index is 1.85. The number of benzene rings is 2. The Bertz CT molecular complexity index is 936. The molecule has 0 saturated carbocycles. The highest BCUT2D eigenvalue weighted by molar-refractivity contribution is 7.92. The highest BCUT2D eigenvalue weighted by Gasteiger charge is 2.23. The number of likely N-dealkylation sites (tertiary alicyclic amines) is 1. The summed E-state index contributed by atoms with van der Waals surface area (Å²) in [5, 5.41) is 0. The molecular weight excluding hydrogens is 360 g/mol. The zero-order valence-electron chi connectivity index (χ0n) is 16.0. The molecule has 1 amide bonds. The molecule has 0 aliphatic carbocycles. The van der Waals surface area contributed by atoms with Gasteiger partial charge in [-0.05, 0) is 62.4 Å². The van der Waals surface area contributed by atoms with Crippen LogP contribution in [0.15, 0.2) is 47.4 Å². The zero-order valence-corrected chi connectivity index (χ0v) is 16.8. The number of sulfonamides is 1. The molecule has 0 spiro atoms. The molecule has 1 aliphatic heterocycles. The molecule has 0 radical (unpaired) electrons. The van der Waals surface area contributed by atoms with Crippen molar-refractivity contribution in [2.45, 2.75) is 38.5 Å². The van der Waals surface area contributed by atoms with E-state index in [0.717, 1.165) is 37.1 Å². The van der Waals surface area contributed by atoms with E-state index in [1.165, 1.54) is 0 Å². The molecule has 2 aromatic carbocycles. The first-order chi connectivity index (χ1) is 12.8. The molecule has 2 aromatic rings. The molecule has 0 aromatic heterocycles. The molecule has 5 nitrogen and oxygen atoms in total. The summed E-state index contributed by atoms with van der Waals surface area (Å²) in [6.07, 6.45) is 2.14. The van der Waals surface area contributed by atoms with E-state index in [1.54, 1.807) is 42.5 Å². The van der Waals surface area contributed by atoms with Gasteiger partial charge in [-0.1, -0.05) is 30.7 Å². The van der Waals surface area contributed by atoms with Crippen molar-refractivity contribution in [3.8, 4) is 0 Å². The summed E-state index contributed by atoms with van der Waals surface area (Å²) in [7, 11) is -3.70. The number of piperidine rings is 1. The predicted octanol–water partition coefficient (Wildman–Crippen LogP) is 3.98. The number of aryl methyl sites for hydroxylation is 2. The van der Waals surface area contributed by atoms with Crippen LogP contribution in [0.1, 0.15) is 41.3 Å². The minimum Gasteiger partial charge on any atom is -0.338 e. The van der Waals surface area contributed by atoms with Crippen LogP contribution in [0.25, 0.3) is 0 Å². The number of carbonyl (C=O) groups is 1. The van der Waals surface area contributed by atoms with Gasteiger partial charge in [0.25, 0.3) is 15.9 Å². The topological polar surface area (TPSA) is 66.5 Å². The lowest BCUT2D eigenvalue weighted by Crippen LogP contribution is -2.39. The SMILES string of the molecule is Cc1ccc(S(=O)(=O)Nc2cc(C(=O)N3CCC[C@H](C)C3)ccc2C)cc1. The van der Waals surface area contributed by atoms with Crippen LogP contribution in [0, 0.1) is 19.8 Å². The van der Waals surface area contributed by atoms with E-state index in [-0.39, 0.29) is 10.8 Å². The van der Waals surface area contributed by atoms with Crippen molar-refractivity contribution in [1.29, 1.82) is 0 Å². The quantitative estimate of drug-likeness (QED) is 0.864. The first kappa shape index (κ1) is 19.4. The first-order valence-corrected chi connectivity index (χ1v) is 10.7. The third-order valence-electron chi connectivity index (χ3n) is 5.00. The molecule has 0 bridgehead atoms. The number of nitrogens with one attached hydrogen (secondary N) is 1. The molecule has 1 aliphatic rings. The number of nitrogens with zero attached hydrogens (tertiary/aromatic N) is 1. The predicted molar refractivity (Wildman–Crippen MR) is 107 cm³/mol. The standard InChI is InChI=1S/C21H26N2O3S/c1-15-6-10-19(11-7-15)27(25,26)22-20-13-18(9-8-17(20)3)21(24)23-12-4-5-16(2)14-23/h6-11,13,16,22H,4-5,12,14H2,1-3H3/t16-/m0/s1. The summed E-state index contributed by atoms with van der Waals surface area (Å²) in [4.78, 5) is 14.9.